The van der Waals surface area contributed by atoms with Crippen LogP contribution in [0.5, 0.6) is 0 Å². The molecule has 0 saturated carbocycles. The lowest BCUT2D eigenvalue weighted by Crippen LogP contribution is -2.56. The molecular formula is C26H33N3O5. The molecular weight excluding hydrogens is 434 g/mol. The van der Waals surface area contributed by atoms with Gasteiger partial charge in [0.05, 0.1) is 0 Å². The summed E-state index contributed by atoms with van der Waals surface area (Å²) >= 11 is 0. The molecule has 2 amide bonds. The number of aliphatic carboxylic acids is 1. The van der Waals surface area contributed by atoms with Crippen LogP contribution in [0.15, 0.2) is 48.5 Å². The number of fused-ring (bicyclic) bond motifs is 3. The van der Waals surface area contributed by atoms with E-state index in [2.05, 4.69) is 22.8 Å². The van der Waals surface area contributed by atoms with Crippen molar-refractivity contribution in [3.63, 3.8) is 0 Å². The Balaban J connectivity index is 1.67. The molecule has 0 aliphatic heterocycles. The second-order valence-corrected chi connectivity index (χ2v) is 8.99. The molecule has 0 saturated heterocycles. The smallest absolute Gasteiger partial charge is 0.407 e. The summed E-state index contributed by atoms with van der Waals surface area (Å²) in [5.74, 6) is -2.01. The van der Waals surface area contributed by atoms with E-state index < -0.39 is 30.1 Å². The predicted molar refractivity (Wildman–Crippen MR) is 130 cm³/mol. The number of ether oxygens (including phenoxy) is 1. The molecule has 0 spiro atoms. The van der Waals surface area contributed by atoms with E-state index in [1.54, 1.807) is 25.9 Å². The summed E-state index contributed by atoms with van der Waals surface area (Å²) in [7, 11) is 3.53. The standard InChI is InChI=1S/C26H33N3O5/c1-5-16(2)23(25(31)32)28-24(30)22(14-29(3)4)27-26(33)34-15-21-19-12-8-6-10-17(19)18-11-7-9-13-20(18)21/h6-13,16,21-23H,5,14-15H2,1-4H3,(H,27,33)(H,28,30)(H,31,32)/t16?,22-,23?/m0/s1. The van der Waals surface area contributed by atoms with Crippen molar-refractivity contribution in [2.75, 3.05) is 27.2 Å². The Bertz CT molecular complexity index is 993. The zero-order valence-corrected chi connectivity index (χ0v) is 20.1. The monoisotopic (exact) mass is 467 g/mol. The highest BCUT2D eigenvalue weighted by atomic mass is 16.5. The third-order valence-corrected chi connectivity index (χ3v) is 6.28. The molecule has 2 unspecified atom stereocenters. The Labute approximate surface area is 200 Å². The van der Waals surface area contributed by atoms with Crippen LogP contribution in [0.4, 0.5) is 4.79 Å². The number of likely N-dealkylation sites (N-methyl/N-ethyl adjacent to an activating group) is 1. The number of carbonyl (C=O) groups is 3. The first-order valence-corrected chi connectivity index (χ1v) is 11.5. The minimum Gasteiger partial charge on any atom is -0.480 e. The lowest BCUT2D eigenvalue weighted by molar-refractivity contribution is -0.143. The lowest BCUT2D eigenvalue weighted by Gasteiger charge is -2.26. The van der Waals surface area contributed by atoms with Crippen molar-refractivity contribution in [1.82, 2.24) is 15.5 Å². The van der Waals surface area contributed by atoms with Gasteiger partial charge in [-0.15, -0.1) is 0 Å². The van der Waals surface area contributed by atoms with Crippen molar-refractivity contribution in [3.05, 3.63) is 59.7 Å². The van der Waals surface area contributed by atoms with Crippen molar-refractivity contribution in [3.8, 4) is 11.1 Å². The van der Waals surface area contributed by atoms with Gasteiger partial charge in [0.15, 0.2) is 0 Å². The minimum absolute atomic E-state index is 0.0962. The van der Waals surface area contributed by atoms with Crippen LogP contribution in [0.1, 0.15) is 37.3 Å². The minimum atomic E-state index is -1.10. The van der Waals surface area contributed by atoms with Gasteiger partial charge in [0, 0.05) is 12.5 Å². The largest absolute Gasteiger partial charge is 0.480 e. The molecule has 34 heavy (non-hydrogen) atoms. The summed E-state index contributed by atoms with van der Waals surface area (Å²) in [5.41, 5.74) is 4.44. The highest BCUT2D eigenvalue weighted by Gasteiger charge is 2.32. The third kappa shape index (κ3) is 5.75. The zero-order chi connectivity index (χ0) is 24.8. The van der Waals surface area contributed by atoms with Gasteiger partial charge in [0.25, 0.3) is 0 Å². The fraction of sp³-hybridized carbons (Fsp3) is 0.423. The third-order valence-electron chi connectivity index (χ3n) is 6.28. The van der Waals surface area contributed by atoms with Crippen LogP contribution in [0.3, 0.4) is 0 Å². The Hall–Kier alpha value is -3.39. The van der Waals surface area contributed by atoms with Gasteiger partial charge in [0.1, 0.15) is 18.7 Å². The van der Waals surface area contributed by atoms with Gasteiger partial charge in [0.2, 0.25) is 5.91 Å². The van der Waals surface area contributed by atoms with Gasteiger partial charge >= 0.3 is 12.1 Å². The molecule has 0 aromatic heterocycles. The van der Waals surface area contributed by atoms with E-state index in [1.807, 2.05) is 43.3 Å². The molecule has 8 nitrogen and oxygen atoms in total. The number of amides is 2. The van der Waals surface area contributed by atoms with Crippen molar-refractivity contribution >= 4 is 18.0 Å². The summed E-state index contributed by atoms with van der Waals surface area (Å²) in [4.78, 5) is 38.9. The van der Waals surface area contributed by atoms with Crippen LogP contribution >= 0.6 is 0 Å². The predicted octanol–water partition coefficient (Wildman–Crippen LogP) is 3.07. The van der Waals surface area contributed by atoms with Crippen molar-refractivity contribution in [2.45, 2.75) is 38.3 Å². The molecule has 2 aromatic carbocycles. The van der Waals surface area contributed by atoms with E-state index in [0.717, 1.165) is 22.3 Å². The Kier molecular flexibility index (Phi) is 8.28. The first-order chi connectivity index (χ1) is 16.2. The number of hydrogen-bond acceptors (Lipinski definition) is 5. The van der Waals surface area contributed by atoms with Gasteiger partial charge in [-0.25, -0.2) is 9.59 Å². The summed E-state index contributed by atoms with van der Waals surface area (Å²) in [6.45, 7) is 3.95. The molecule has 3 atom stereocenters. The summed E-state index contributed by atoms with van der Waals surface area (Å²) in [6, 6.07) is 14.1. The highest BCUT2D eigenvalue weighted by Crippen LogP contribution is 2.44. The molecule has 0 radical (unpaired) electrons. The van der Waals surface area contributed by atoms with E-state index in [1.165, 1.54) is 0 Å². The van der Waals surface area contributed by atoms with E-state index in [4.69, 9.17) is 4.74 Å². The van der Waals surface area contributed by atoms with Crippen molar-refractivity contribution in [1.29, 1.82) is 0 Å². The lowest BCUT2D eigenvalue weighted by atomic mass is 9.98. The molecule has 0 fully saturated rings. The maximum Gasteiger partial charge on any atom is 0.407 e. The molecule has 8 heteroatoms. The molecule has 1 aliphatic rings. The first-order valence-electron chi connectivity index (χ1n) is 11.5. The molecule has 0 heterocycles. The number of hydrogen-bond donors (Lipinski definition) is 3. The maximum atomic E-state index is 12.9. The number of carbonyl (C=O) groups excluding carboxylic acids is 2. The maximum absolute atomic E-state index is 12.9. The van der Waals surface area contributed by atoms with Gasteiger partial charge in [-0.3, -0.25) is 4.79 Å². The summed E-state index contributed by atoms with van der Waals surface area (Å²) < 4.78 is 5.56. The second kappa shape index (κ2) is 11.2. The Morgan fingerprint density at radius 1 is 1.00 bits per heavy atom. The number of rotatable bonds is 10. The molecule has 0 bridgehead atoms. The summed E-state index contributed by atoms with van der Waals surface area (Å²) in [5, 5.41) is 14.7. The molecule has 3 rings (SSSR count). The van der Waals surface area contributed by atoms with E-state index in [0.29, 0.717) is 6.42 Å². The molecule has 182 valence electrons. The number of nitrogens with zero attached hydrogens (tertiary/aromatic N) is 1. The number of carboxylic acids is 1. The van der Waals surface area contributed by atoms with Gasteiger partial charge in [-0.05, 0) is 42.3 Å². The zero-order valence-electron chi connectivity index (χ0n) is 20.1. The SMILES string of the molecule is CCC(C)C(NC(=O)[C@H](CN(C)C)NC(=O)OCC1c2ccccc2-c2ccccc21)C(=O)O. The van der Waals surface area contributed by atoms with E-state index >= 15 is 0 Å². The number of nitrogens with one attached hydrogen (secondary N) is 2. The van der Waals surface area contributed by atoms with Crippen LogP contribution in [-0.2, 0) is 14.3 Å². The van der Waals surface area contributed by atoms with Crippen molar-refractivity contribution in [2.24, 2.45) is 5.92 Å². The topological polar surface area (TPSA) is 108 Å². The van der Waals surface area contributed by atoms with Crippen LogP contribution < -0.4 is 10.6 Å². The molecule has 1 aliphatic carbocycles. The highest BCUT2D eigenvalue weighted by molar-refractivity contribution is 5.89. The van der Waals surface area contributed by atoms with Crippen molar-refractivity contribution < 1.29 is 24.2 Å². The molecule has 2 aromatic rings. The van der Waals surface area contributed by atoms with Crippen LogP contribution in [0.2, 0.25) is 0 Å². The number of benzene rings is 2. The number of alkyl carbamates (subject to hydrolysis) is 1. The van der Waals surface area contributed by atoms with Crippen LogP contribution in [-0.4, -0.2) is 67.3 Å². The van der Waals surface area contributed by atoms with E-state index in [9.17, 15) is 19.5 Å². The second-order valence-electron chi connectivity index (χ2n) is 8.99. The normalized spacial score (nSPS) is 15.1. The average Bonchev–Trinajstić information content (AvgIpc) is 3.13. The number of carboxylic acid groups (broad SMARTS) is 1. The Morgan fingerprint density at radius 3 is 2.06 bits per heavy atom. The van der Waals surface area contributed by atoms with Crippen LogP contribution in [0.25, 0.3) is 11.1 Å². The average molecular weight is 468 g/mol. The van der Waals surface area contributed by atoms with Gasteiger partial charge < -0.3 is 25.4 Å². The van der Waals surface area contributed by atoms with Crippen LogP contribution in [0, 0.1) is 5.92 Å². The fourth-order valence-corrected chi connectivity index (χ4v) is 4.28. The van der Waals surface area contributed by atoms with Gasteiger partial charge in [-0.1, -0.05) is 68.8 Å². The first kappa shape index (κ1) is 25.2. The summed E-state index contributed by atoms with van der Waals surface area (Å²) in [6.07, 6.45) is -0.130. The van der Waals surface area contributed by atoms with E-state index in [-0.39, 0.29) is 25.0 Å². The quantitative estimate of drug-likeness (QED) is 0.496. The fourth-order valence-electron chi connectivity index (χ4n) is 4.28. The molecule has 3 N–H and O–H groups in total. The Morgan fingerprint density at radius 2 is 1.56 bits per heavy atom. The van der Waals surface area contributed by atoms with Gasteiger partial charge in [-0.2, -0.15) is 0 Å².